The summed E-state index contributed by atoms with van der Waals surface area (Å²) in [5.41, 5.74) is 0. The van der Waals surface area contributed by atoms with Crippen molar-refractivity contribution >= 4 is 5.91 Å². The Kier molecular flexibility index (Phi) is 17.5. The number of nitrogens with one attached hydrogen (secondary N) is 1. The molecule has 0 radical (unpaired) electrons. The number of quaternary nitrogens is 1. The van der Waals surface area contributed by atoms with Crippen LogP contribution in [-0.4, -0.2) is 44.6 Å². The van der Waals surface area contributed by atoms with Gasteiger partial charge in [-0.25, -0.2) is 0 Å². The summed E-state index contributed by atoms with van der Waals surface area (Å²) in [5.74, 6) is 0.224. The lowest BCUT2D eigenvalue weighted by atomic mass is 10.1. The highest BCUT2D eigenvalue weighted by molar-refractivity contribution is 5.75. The number of carbonyl (C=O) groups excluding carboxylic acids is 1. The van der Waals surface area contributed by atoms with Gasteiger partial charge in [-0.05, 0) is 38.5 Å². The molecule has 0 aliphatic rings. The average Bonchev–Trinajstić information content (AvgIpc) is 2.61. The zero-order chi connectivity index (χ0) is 20.2. The van der Waals surface area contributed by atoms with Gasteiger partial charge in [0.2, 0.25) is 5.91 Å². The van der Waals surface area contributed by atoms with Gasteiger partial charge in [0.05, 0.1) is 27.7 Å². The number of unbranched alkanes of at least 4 members (excludes halogenated alkanes) is 8. The van der Waals surface area contributed by atoms with E-state index in [2.05, 4.69) is 57.7 Å². The van der Waals surface area contributed by atoms with Crippen LogP contribution in [0.3, 0.4) is 0 Å². The normalized spacial score (nSPS) is 12.3. The van der Waals surface area contributed by atoms with Gasteiger partial charge in [-0.3, -0.25) is 4.79 Å². The summed E-state index contributed by atoms with van der Waals surface area (Å²) in [6.07, 6.45) is 24.5. The predicted octanol–water partition coefficient (Wildman–Crippen LogP) is 6.01. The summed E-state index contributed by atoms with van der Waals surface area (Å²) in [4.78, 5) is 11.8. The van der Waals surface area contributed by atoms with Crippen LogP contribution >= 0.6 is 0 Å². The Hall–Kier alpha value is -1.09. The van der Waals surface area contributed by atoms with Crippen LogP contribution in [0.4, 0.5) is 0 Å². The van der Waals surface area contributed by atoms with E-state index in [1.165, 1.54) is 57.8 Å². The van der Waals surface area contributed by atoms with E-state index in [1.807, 2.05) is 0 Å². The van der Waals surface area contributed by atoms with Crippen molar-refractivity contribution in [3.63, 3.8) is 0 Å². The number of hydrogen-bond acceptors (Lipinski definition) is 1. The molecular formula is C24H47N2O+. The highest BCUT2D eigenvalue weighted by Gasteiger charge is 2.06. The second-order valence-corrected chi connectivity index (χ2v) is 8.70. The van der Waals surface area contributed by atoms with Gasteiger partial charge in [0.1, 0.15) is 0 Å². The summed E-state index contributed by atoms with van der Waals surface area (Å²) >= 11 is 0. The van der Waals surface area contributed by atoms with Crippen molar-refractivity contribution in [2.45, 2.75) is 90.4 Å². The maximum atomic E-state index is 11.8. The Morgan fingerprint density at radius 1 is 0.778 bits per heavy atom. The first-order chi connectivity index (χ1) is 13.0. The molecule has 3 heteroatoms. The van der Waals surface area contributed by atoms with Crippen molar-refractivity contribution in [3.05, 3.63) is 24.3 Å². The van der Waals surface area contributed by atoms with Crippen LogP contribution in [0.15, 0.2) is 24.3 Å². The molecule has 0 unspecified atom stereocenters. The van der Waals surface area contributed by atoms with Gasteiger partial charge in [0, 0.05) is 19.4 Å². The molecule has 0 bridgehead atoms. The number of carbonyl (C=O) groups is 1. The maximum Gasteiger partial charge on any atom is 0.219 e. The van der Waals surface area contributed by atoms with E-state index < -0.39 is 0 Å². The molecule has 0 aliphatic heterocycles. The predicted molar refractivity (Wildman–Crippen MR) is 120 cm³/mol. The fourth-order valence-electron chi connectivity index (χ4n) is 2.97. The zero-order valence-corrected chi connectivity index (χ0v) is 18.8. The third-order valence-corrected chi connectivity index (χ3v) is 4.68. The lowest BCUT2D eigenvalue weighted by Crippen LogP contribution is -2.37. The summed E-state index contributed by atoms with van der Waals surface area (Å²) in [5, 5.41) is 3.04. The van der Waals surface area contributed by atoms with Gasteiger partial charge in [-0.2, -0.15) is 0 Å². The molecule has 1 N–H and O–H groups in total. The molecule has 0 heterocycles. The first kappa shape index (κ1) is 25.9. The van der Waals surface area contributed by atoms with Crippen LogP contribution in [0, 0.1) is 0 Å². The fraction of sp³-hybridized carbons (Fsp3) is 0.792. The highest BCUT2D eigenvalue weighted by atomic mass is 16.1. The van der Waals surface area contributed by atoms with Crippen molar-refractivity contribution in [2.75, 3.05) is 34.2 Å². The highest BCUT2D eigenvalue weighted by Crippen LogP contribution is 2.08. The molecule has 0 aromatic carbocycles. The first-order valence-corrected chi connectivity index (χ1v) is 11.3. The summed E-state index contributed by atoms with van der Waals surface area (Å²) in [6, 6.07) is 0. The van der Waals surface area contributed by atoms with E-state index in [0.29, 0.717) is 6.42 Å². The van der Waals surface area contributed by atoms with E-state index in [0.717, 1.165) is 36.8 Å². The zero-order valence-electron chi connectivity index (χ0n) is 18.8. The fourth-order valence-corrected chi connectivity index (χ4v) is 2.97. The minimum atomic E-state index is 0.224. The van der Waals surface area contributed by atoms with Gasteiger partial charge >= 0.3 is 0 Å². The standard InChI is InChI=1S/C24H46N2O/c1-5-6-7-8-9-10-11-12-13-14-15-16-17-18-19-21-24(27)25-22-20-23-26(2,3)4/h9-10,12-13H,5-8,11,14-23H2,1-4H3/p+1/b10-9-,13-12-. The topological polar surface area (TPSA) is 29.1 Å². The second-order valence-electron chi connectivity index (χ2n) is 8.70. The first-order valence-electron chi connectivity index (χ1n) is 11.3. The molecule has 0 aromatic heterocycles. The molecule has 0 saturated carbocycles. The lowest BCUT2D eigenvalue weighted by molar-refractivity contribution is -0.870. The van der Waals surface area contributed by atoms with Crippen LogP contribution < -0.4 is 5.32 Å². The quantitative estimate of drug-likeness (QED) is 0.176. The van der Waals surface area contributed by atoms with Crippen molar-refractivity contribution in [2.24, 2.45) is 0 Å². The molecule has 158 valence electrons. The van der Waals surface area contributed by atoms with Gasteiger partial charge in [-0.1, -0.05) is 63.3 Å². The minimum absolute atomic E-state index is 0.224. The molecular weight excluding hydrogens is 332 g/mol. The monoisotopic (exact) mass is 379 g/mol. The molecule has 1 amide bonds. The molecule has 0 fully saturated rings. The Morgan fingerprint density at radius 2 is 1.37 bits per heavy atom. The van der Waals surface area contributed by atoms with Crippen LogP contribution in [0.25, 0.3) is 0 Å². The van der Waals surface area contributed by atoms with E-state index in [1.54, 1.807) is 0 Å². The van der Waals surface area contributed by atoms with Crippen molar-refractivity contribution in [1.82, 2.24) is 5.32 Å². The third-order valence-electron chi connectivity index (χ3n) is 4.68. The van der Waals surface area contributed by atoms with Gasteiger partial charge < -0.3 is 9.80 Å². The molecule has 3 nitrogen and oxygen atoms in total. The van der Waals surface area contributed by atoms with E-state index in [-0.39, 0.29) is 5.91 Å². The number of hydrogen-bond donors (Lipinski definition) is 1. The Morgan fingerprint density at radius 3 is 2.00 bits per heavy atom. The van der Waals surface area contributed by atoms with Crippen LogP contribution in [0.1, 0.15) is 90.4 Å². The van der Waals surface area contributed by atoms with Crippen molar-refractivity contribution < 1.29 is 9.28 Å². The van der Waals surface area contributed by atoms with Crippen molar-refractivity contribution in [3.8, 4) is 0 Å². The van der Waals surface area contributed by atoms with E-state index in [4.69, 9.17) is 0 Å². The number of rotatable bonds is 18. The average molecular weight is 380 g/mol. The largest absolute Gasteiger partial charge is 0.356 e. The molecule has 0 rings (SSSR count). The second kappa shape index (κ2) is 18.3. The summed E-state index contributed by atoms with van der Waals surface area (Å²) < 4.78 is 0.959. The van der Waals surface area contributed by atoms with Crippen LogP contribution in [-0.2, 0) is 4.79 Å². The van der Waals surface area contributed by atoms with Gasteiger partial charge in [0.15, 0.2) is 0 Å². The molecule has 0 atom stereocenters. The third kappa shape index (κ3) is 22.9. The molecule has 0 spiro atoms. The minimum Gasteiger partial charge on any atom is -0.356 e. The number of nitrogens with zero attached hydrogens (tertiary/aromatic N) is 1. The molecule has 0 saturated heterocycles. The Bertz CT molecular complexity index is 394. The molecule has 27 heavy (non-hydrogen) atoms. The number of amides is 1. The van der Waals surface area contributed by atoms with Gasteiger partial charge in [-0.15, -0.1) is 0 Å². The van der Waals surface area contributed by atoms with E-state index >= 15 is 0 Å². The number of allylic oxidation sites excluding steroid dienone is 4. The van der Waals surface area contributed by atoms with Crippen LogP contribution in [0.2, 0.25) is 0 Å². The Balaban J connectivity index is 3.32. The summed E-state index contributed by atoms with van der Waals surface area (Å²) in [6.45, 7) is 4.16. The van der Waals surface area contributed by atoms with Crippen LogP contribution in [0.5, 0.6) is 0 Å². The van der Waals surface area contributed by atoms with E-state index in [9.17, 15) is 4.79 Å². The van der Waals surface area contributed by atoms with Gasteiger partial charge in [0.25, 0.3) is 0 Å². The maximum absolute atomic E-state index is 11.8. The summed E-state index contributed by atoms with van der Waals surface area (Å²) in [7, 11) is 6.55. The lowest BCUT2D eigenvalue weighted by Gasteiger charge is -2.23. The smallest absolute Gasteiger partial charge is 0.219 e. The molecule has 0 aromatic rings. The van der Waals surface area contributed by atoms with Crippen molar-refractivity contribution in [1.29, 1.82) is 0 Å². The molecule has 0 aliphatic carbocycles. The SMILES string of the molecule is CCCCC/C=C\C/C=C\CCCCCCCC(=O)NCCC[N+](C)(C)C. The Labute approximate surface area is 169 Å².